The number of hydrogen-bond donors (Lipinski definition) is 4. The van der Waals surface area contributed by atoms with Gasteiger partial charge < -0.3 is 30.9 Å². The number of benzene rings is 1. The summed E-state index contributed by atoms with van der Waals surface area (Å²) in [7, 11) is 6.85. The van der Waals surface area contributed by atoms with E-state index < -0.39 is 64.7 Å². The highest BCUT2D eigenvalue weighted by atomic mass is 16.3. The van der Waals surface area contributed by atoms with Gasteiger partial charge in [0, 0.05) is 38.2 Å². The van der Waals surface area contributed by atoms with E-state index in [0.29, 0.717) is 17.7 Å². The van der Waals surface area contributed by atoms with Crippen LogP contribution in [-0.4, -0.2) is 89.4 Å². The van der Waals surface area contributed by atoms with E-state index in [9.17, 15) is 34.5 Å². The Bertz CT molecular complexity index is 1290. The maximum atomic E-state index is 14.0. The molecule has 1 amide bonds. The fraction of sp³-hybridized carbons (Fsp3) is 0.586. The molecule has 2 fully saturated rings. The van der Waals surface area contributed by atoms with Gasteiger partial charge in [-0.25, -0.2) is 0 Å². The van der Waals surface area contributed by atoms with Gasteiger partial charge in [-0.05, 0) is 50.9 Å². The van der Waals surface area contributed by atoms with Crippen molar-refractivity contribution in [2.45, 2.75) is 56.8 Å². The summed E-state index contributed by atoms with van der Waals surface area (Å²) >= 11 is 0. The van der Waals surface area contributed by atoms with Crippen LogP contribution in [0.5, 0.6) is 5.75 Å². The van der Waals surface area contributed by atoms with Gasteiger partial charge in [-0.2, -0.15) is 0 Å². The van der Waals surface area contributed by atoms with Gasteiger partial charge >= 0.3 is 0 Å². The molecule has 0 aromatic heterocycles. The van der Waals surface area contributed by atoms with Gasteiger partial charge in [0.1, 0.15) is 11.7 Å². The highest BCUT2D eigenvalue weighted by Crippen LogP contribution is 2.52. The molecule has 3 unspecified atom stereocenters. The third-order valence-corrected chi connectivity index (χ3v) is 8.63. The van der Waals surface area contributed by atoms with E-state index in [1.54, 1.807) is 25.1 Å². The predicted molar refractivity (Wildman–Crippen MR) is 143 cm³/mol. The lowest BCUT2D eigenvalue weighted by molar-refractivity contribution is -0.190. The number of aliphatic hydroxyl groups excluding tert-OH is 1. The van der Waals surface area contributed by atoms with Crippen LogP contribution >= 0.6 is 0 Å². The number of likely N-dealkylation sites (N-methyl/N-ethyl adjacent to an activating group) is 1. The van der Waals surface area contributed by atoms with Crippen molar-refractivity contribution in [3.63, 3.8) is 0 Å². The molecule has 39 heavy (non-hydrogen) atoms. The molecule has 0 aliphatic heterocycles. The van der Waals surface area contributed by atoms with Crippen LogP contribution in [0.25, 0.3) is 0 Å². The minimum absolute atomic E-state index is 0.0310. The van der Waals surface area contributed by atoms with Crippen molar-refractivity contribution in [1.82, 2.24) is 4.90 Å². The molecule has 0 saturated heterocycles. The number of aromatic hydroxyl groups is 1. The molecule has 0 bridgehead atoms. The third-order valence-electron chi connectivity index (χ3n) is 8.63. The van der Waals surface area contributed by atoms with Crippen molar-refractivity contribution in [2.75, 3.05) is 33.1 Å². The average Bonchev–Trinajstić information content (AvgIpc) is 2.84. The summed E-state index contributed by atoms with van der Waals surface area (Å²) in [4.78, 5) is 57.0. The van der Waals surface area contributed by atoms with Crippen molar-refractivity contribution in [1.29, 1.82) is 0 Å². The fourth-order valence-electron chi connectivity index (χ4n) is 6.79. The summed E-state index contributed by atoms with van der Waals surface area (Å²) in [5.41, 5.74) is 4.22. The summed E-state index contributed by atoms with van der Waals surface area (Å²) in [5.74, 6) is -3.25. The first-order valence-electron chi connectivity index (χ1n) is 13.3. The SMILES string of the molecule is CCCCC#Cc1cc(N(C)C)c2c(c1O)C(=O)C1C(=O)[C@@]3(O)C(=O)C(C(N)=O)C(O)[C@H](N(C)C)[C@H]3C[C@H]1C2. The van der Waals surface area contributed by atoms with E-state index in [0.717, 1.165) is 12.8 Å². The van der Waals surface area contributed by atoms with Gasteiger partial charge in [-0.1, -0.05) is 25.2 Å². The zero-order chi connectivity index (χ0) is 29.0. The van der Waals surface area contributed by atoms with Gasteiger partial charge in [0.15, 0.2) is 23.0 Å². The van der Waals surface area contributed by atoms with Crippen molar-refractivity contribution < 1.29 is 34.5 Å². The Kier molecular flexibility index (Phi) is 7.65. The van der Waals surface area contributed by atoms with E-state index in [1.807, 2.05) is 25.9 Å². The van der Waals surface area contributed by atoms with Crippen molar-refractivity contribution in [3.8, 4) is 17.6 Å². The summed E-state index contributed by atoms with van der Waals surface area (Å²) in [5, 5.41) is 33.9. The predicted octanol–water partition coefficient (Wildman–Crippen LogP) is 0.267. The number of rotatable bonds is 5. The first kappa shape index (κ1) is 28.7. The van der Waals surface area contributed by atoms with Crippen LogP contribution < -0.4 is 10.6 Å². The molecular formula is C29H37N3O7. The number of amides is 1. The molecule has 0 radical (unpaired) electrons. The molecular weight excluding hydrogens is 502 g/mol. The maximum Gasteiger partial charge on any atom is 0.230 e. The summed E-state index contributed by atoms with van der Waals surface area (Å²) in [6.07, 6.45) is 1.25. The number of carbonyl (C=O) groups excluding carboxylic acids is 4. The van der Waals surface area contributed by atoms with Gasteiger partial charge in [-0.3, -0.25) is 19.2 Å². The quantitative estimate of drug-likeness (QED) is 0.234. The molecule has 4 rings (SSSR count). The first-order valence-corrected chi connectivity index (χ1v) is 13.3. The Labute approximate surface area is 228 Å². The molecule has 1 aromatic rings. The number of Topliss-reactive ketones (excluding diaryl/α,β-unsaturated/α-hetero) is 3. The van der Waals surface area contributed by atoms with E-state index in [-0.39, 0.29) is 29.7 Å². The molecule has 2 saturated carbocycles. The van der Waals surface area contributed by atoms with Crippen LogP contribution in [-0.2, 0) is 20.8 Å². The van der Waals surface area contributed by atoms with E-state index in [4.69, 9.17) is 5.73 Å². The number of primary amides is 1. The topological polar surface area (TPSA) is 161 Å². The number of fused-ring (bicyclic) bond motifs is 3. The lowest BCUT2D eigenvalue weighted by atomic mass is 9.52. The summed E-state index contributed by atoms with van der Waals surface area (Å²) in [6.45, 7) is 2.04. The van der Waals surface area contributed by atoms with Crippen LogP contribution in [0.1, 0.15) is 54.1 Å². The van der Waals surface area contributed by atoms with Crippen molar-refractivity contribution in [2.24, 2.45) is 29.4 Å². The molecule has 3 aliphatic rings. The number of aliphatic hydroxyl groups is 2. The number of ketones is 3. The number of phenols is 1. The minimum Gasteiger partial charge on any atom is -0.506 e. The fourth-order valence-corrected chi connectivity index (χ4v) is 6.79. The highest BCUT2D eigenvalue weighted by Gasteiger charge is 2.69. The molecule has 5 N–H and O–H groups in total. The number of unbranched alkanes of at least 4 members (excludes halogenated alkanes) is 2. The Morgan fingerprint density at radius 3 is 2.41 bits per heavy atom. The zero-order valence-electron chi connectivity index (χ0n) is 23.0. The van der Waals surface area contributed by atoms with Crippen molar-refractivity contribution >= 4 is 28.9 Å². The van der Waals surface area contributed by atoms with E-state index in [1.165, 1.54) is 0 Å². The minimum atomic E-state index is -2.68. The molecule has 10 nitrogen and oxygen atoms in total. The van der Waals surface area contributed by atoms with E-state index in [2.05, 4.69) is 11.8 Å². The molecule has 1 aromatic carbocycles. The smallest absolute Gasteiger partial charge is 0.230 e. The number of anilines is 1. The van der Waals surface area contributed by atoms with Crippen molar-refractivity contribution in [3.05, 3.63) is 22.8 Å². The second-order valence-corrected chi connectivity index (χ2v) is 11.4. The van der Waals surface area contributed by atoms with Gasteiger partial charge in [0.2, 0.25) is 5.91 Å². The van der Waals surface area contributed by atoms with Crippen LogP contribution in [0.3, 0.4) is 0 Å². The zero-order valence-corrected chi connectivity index (χ0v) is 23.0. The third kappa shape index (κ3) is 4.33. The van der Waals surface area contributed by atoms with Gasteiger partial charge in [-0.15, -0.1) is 0 Å². The first-order chi connectivity index (χ1) is 18.3. The average molecular weight is 540 g/mol. The van der Waals surface area contributed by atoms with Crippen LogP contribution in [0.2, 0.25) is 0 Å². The Balaban J connectivity index is 1.86. The number of hydrogen-bond acceptors (Lipinski definition) is 9. The maximum absolute atomic E-state index is 14.0. The van der Waals surface area contributed by atoms with Crippen LogP contribution in [0.15, 0.2) is 6.07 Å². The highest BCUT2D eigenvalue weighted by molar-refractivity contribution is 6.25. The Hall–Kier alpha value is -3.26. The number of phenolic OH excluding ortho intramolecular Hbond substituents is 1. The molecule has 10 heteroatoms. The van der Waals surface area contributed by atoms with E-state index >= 15 is 0 Å². The molecule has 210 valence electrons. The normalized spacial score (nSPS) is 31.6. The Morgan fingerprint density at radius 1 is 1.18 bits per heavy atom. The molecule has 7 atom stereocenters. The number of carbonyl (C=O) groups is 4. The van der Waals surface area contributed by atoms with Gasteiger partial charge in [0.25, 0.3) is 0 Å². The second kappa shape index (κ2) is 10.4. The monoisotopic (exact) mass is 539 g/mol. The Morgan fingerprint density at radius 2 is 1.85 bits per heavy atom. The summed E-state index contributed by atoms with van der Waals surface area (Å²) < 4.78 is 0. The summed E-state index contributed by atoms with van der Waals surface area (Å²) in [6, 6.07) is 0.796. The second-order valence-electron chi connectivity index (χ2n) is 11.4. The van der Waals surface area contributed by atoms with Crippen LogP contribution in [0, 0.1) is 35.5 Å². The van der Waals surface area contributed by atoms with Crippen LogP contribution in [0.4, 0.5) is 5.69 Å². The standard InChI is InChI=1S/C29H37N3O7/c1-6-7-8-9-10-14-13-18(31(2)3)16-11-15-12-17-22(32(4)5)25(35)21(28(30)38)27(37)29(17,39)26(36)19(15)24(34)20(16)23(14)33/h13,15,17,19,21-22,25,33,35,39H,6-8,11-12H2,1-5H3,(H2,30,38)/t15-,17-,19?,21?,22-,25?,29-/m1/s1. The number of nitrogens with two attached hydrogens (primary N) is 1. The van der Waals surface area contributed by atoms with Gasteiger partial charge in [0.05, 0.1) is 23.1 Å². The molecule has 0 heterocycles. The molecule has 0 spiro atoms. The molecule has 3 aliphatic carbocycles. The largest absolute Gasteiger partial charge is 0.506 e. The lowest BCUT2D eigenvalue weighted by Gasteiger charge is -2.55. The number of nitrogens with zero attached hydrogens (tertiary/aromatic N) is 2. The lowest BCUT2D eigenvalue weighted by Crippen LogP contribution is -2.75.